The quantitative estimate of drug-likeness (QED) is 0.900. The third kappa shape index (κ3) is 3.20. The number of phenols is 1. The van der Waals surface area contributed by atoms with E-state index in [1.54, 1.807) is 24.3 Å². The van der Waals surface area contributed by atoms with E-state index in [0.29, 0.717) is 11.0 Å². The molecule has 4 heteroatoms. The minimum atomic E-state index is -0.291. The predicted octanol–water partition coefficient (Wildman–Crippen LogP) is 3.91. The number of anilines is 1. The van der Waals surface area contributed by atoms with Gasteiger partial charge in [-0.2, -0.15) is 0 Å². The van der Waals surface area contributed by atoms with Gasteiger partial charge in [-0.1, -0.05) is 12.1 Å². The fourth-order valence-corrected chi connectivity index (χ4v) is 1.67. The summed E-state index contributed by atoms with van der Waals surface area (Å²) in [6.45, 7) is 0.585. The minimum absolute atomic E-state index is 0.239. The maximum atomic E-state index is 13.2. The van der Waals surface area contributed by atoms with Gasteiger partial charge >= 0.3 is 0 Å². The van der Waals surface area contributed by atoms with E-state index in [1.807, 2.05) is 12.1 Å². The lowest BCUT2D eigenvalue weighted by Crippen LogP contribution is -1.99. The van der Waals surface area contributed by atoms with Gasteiger partial charge in [0, 0.05) is 12.2 Å². The normalized spacial score (nSPS) is 10.2. The molecule has 0 heterocycles. The van der Waals surface area contributed by atoms with E-state index < -0.39 is 0 Å². The highest BCUT2D eigenvalue weighted by Crippen LogP contribution is 2.20. The molecule has 0 bridgehead atoms. The second-order valence-corrected chi connectivity index (χ2v) is 4.50. The molecule has 2 aromatic carbocycles. The van der Waals surface area contributed by atoms with Crippen molar-refractivity contribution in [2.24, 2.45) is 0 Å². The highest BCUT2D eigenvalue weighted by atomic mass is 79.9. The van der Waals surface area contributed by atoms with Crippen LogP contribution >= 0.6 is 15.9 Å². The van der Waals surface area contributed by atoms with Gasteiger partial charge in [-0.25, -0.2) is 4.39 Å². The van der Waals surface area contributed by atoms with Crippen LogP contribution in [0, 0.1) is 5.82 Å². The van der Waals surface area contributed by atoms with Crippen molar-refractivity contribution in [1.29, 1.82) is 0 Å². The van der Waals surface area contributed by atoms with Gasteiger partial charge in [-0.05, 0) is 51.8 Å². The highest BCUT2D eigenvalue weighted by molar-refractivity contribution is 9.10. The van der Waals surface area contributed by atoms with Crippen LogP contribution in [0.15, 0.2) is 46.9 Å². The van der Waals surface area contributed by atoms with Crippen LogP contribution in [0.3, 0.4) is 0 Å². The van der Waals surface area contributed by atoms with E-state index in [-0.39, 0.29) is 11.6 Å². The molecule has 0 saturated heterocycles. The Morgan fingerprint density at radius 3 is 2.47 bits per heavy atom. The van der Waals surface area contributed by atoms with Gasteiger partial charge in [0.15, 0.2) is 0 Å². The summed E-state index contributed by atoms with van der Waals surface area (Å²) in [5.74, 6) is -0.0517. The average Bonchev–Trinajstić information content (AvgIpc) is 2.33. The Kier molecular flexibility index (Phi) is 3.64. The first-order valence-corrected chi connectivity index (χ1v) is 5.91. The zero-order chi connectivity index (χ0) is 12.3. The van der Waals surface area contributed by atoms with Crippen molar-refractivity contribution in [3.05, 3.63) is 58.3 Å². The Bertz CT molecular complexity index is 513. The molecule has 2 N–H and O–H groups in total. The Hall–Kier alpha value is -1.55. The largest absolute Gasteiger partial charge is 0.508 e. The molecule has 0 saturated carbocycles. The number of phenolic OH excluding ortho intramolecular Hbond substituents is 1. The van der Waals surface area contributed by atoms with Crippen molar-refractivity contribution in [3.63, 3.8) is 0 Å². The number of hydrogen-bond acceptors (Lipinski definition) is 2. The van der Waals surface area contributed by atoms with Crippen LogP contribution in [0.2, 0.25) is 0 Å². The summed E-state index contributed by atoms with van der Waals surface area (Å²) in [6, 6.07) is 11.8. The smallest absolute Gasteiger partial charge is 0.139 e. The molecular weight excluding hydrogens is 285 g/mol. The van der Waals surface area contributed by atoms with Gasteiger partial charge < -0.3 is 10.4 Å². The van der Waals surface area contributed by atoms with E-state index in [2.05, 4.69) is 21.2 Å². The zero-order valence-corrected chi connectivity index (χ0v) is 10.5. The molecule has 0 radical (unpaired) electrons. The Balaban J connectivity index is 2.02. The standard InChI is InChI=1S/C13H11BrFNO/c14-12-6-3-10(7-13(12)15)16-8-9-1-4-11(17)5-2-9/h1-7,16-17H,8H2. The van der Waals surface area contributed by atoms with Crippen molar-refractivity contribution in [1.82, 2.24) is 0 Å². The predicted molar refractivity (Wildman–Crippen MR) is 69.5 cm³/mol. The fraction of sp³-hybridized carbons (Fsp3) is 0.0769. The van der Waals surface area contributed by atoms with Crippen LogP contribution in [-0.4, -0.2) is 5.11 Å². The molecule has 2 rings (SSSR count). The van der Waals surface area contributed by atoms with Crippen molar-refractivity contribution < 1.29 is 9.50 Å². The molecule has 0 aliphatic carbocycles. The lowest BCUT2D eigenvalue weighted by molar-refractivity contribution is 0.475. The first-order chi connectivity index (χ1) is 8.15. The van der Waals surface area contributed by atoms with Crippen LogP contribution in [0.25, 0.3) is 0 Å². The third-order valence-corrected chi connectivity index (χ3v) is 3.00. The number of benzene rings is 2. The lowest BCUT2D eigenvalue weighted by Gasteiger charge is -2.07. The van der Waals surface area contributed by atoms with Crippen molar-refractivity contribution in [2.45, 2.75) is 6.54 Å². The van der Waals surface area contributed by atoms with E-state index in [4.69, 9.17) is 5.11 Å². The van der Waals surface area contributed by atoms with Crippen LogP contribution in [0.5, 0.6) is 5.75 Å². The molecular formula is C13H11BrFNO. The first kappa shape index (κ1) is 11.9. The Morgan fingerprint density at radius 1 is 1.12 bits per heavy atom. The monoisotopic (exact) mass is 295 g/mol. The number of hydrogen-bond donors (Lipinski definition) is 2. The van der Waals surface area contributed by atoms with Crippen LogP contribution in [0.1, 0.15) is 5.56 Å². The summed E-state index contributed by atoms with van der Waals surface area (Å²) >= 11 is 3.10. The maximum Gasteiger partial charge on any atom is 0.139 e. The van der Waals surface area contributed by atoms with Gasteiger partial charge in [0.1, 0.15) is 11.6 Å². The van der Waals surface area contributed by atoms with Gasteiger partial charge in [0.2, 0.25) is 0 Å². The van der Waals surface area contributed by atoms with Gasteiger partial charge in [-0.3, -0.25) is 0 Å². The SMILES string of the molecule is Oc1ccc(CNc2ccc(Br)c(F)c2)cc1. The minimum Gasteiger partial charge on any atom is -0.508 e. The average molecular weight is 296 g/mol. The molecule has 2 aromatic rings. The van der Waals surface area contributed by atoms with E-state index in [1.165, 1.54) is 6.07 Å². The fourth-order valence-electron chi connectivity index (χ4n) is 1.42. The van der Waals surface area contributed by atoms with Gasteiger partial charge in [0.05, 0.1) is 4.47 Å². The summed E-state index contributed by atoms with van der Waals surface area (Å²) in [7, 11) is 0. The van der Waals surface area contributed by atoms with Crippen LogP contribution in [0.4, 0.5) is 10.1 Å². The topological polar surface area (TPSA) is 32.3 Å². The number of halogens is 2. The number of rotatable bonds is 3. The molecule has 0 atom stereocenters. The molecule has 0 aliphatic rings. The molecule has 0 spiro atoms. The summed E-state index contributed by atoms with van der Waals surface area (Å²) in [6.07, 6.45) is 0. The molecule has 0 aromatic heterocycles. The highest BCUT2D eigenvalue weighted by Gasteiger charge is 2.00. The molecule has 0 fully saturated rings. The first-order valence-electron chi connectivity index (χ1n) is 5.12. The summed E-state index contributed by atoms with van der Waals surface area (Å²) in [5, 5.41) is 12.2. The second-order valence-electron chi connectivity index (χ2n) is 3.65. The van der Waals surface area contributed by atoms with E-state index >= 15 is 0 Å². The van der Waals surface area contributed by atoms with Crippen LogP contribution in [-0.2, 0) is 6.54 Å². The Morgan fingerprint density at radius 2 is 1.82 bits per heavy atom. The Labute approximate surface area is 107 Å². The van der Waals surface area contributed by atoms with Crippen molar-refractivity contribution >= 4 is 21.6 Å². The van der Waals surface area contributed by atoms with Crippen LogP contribution < -0.4 is 5.32 Å². The molecule has 0 aliphatic heterocycles. The molecule has 0 unspecified atom stereocenters. The third-order valence-electron chi connectivity index (χ3n) is 2.35. The molecule has 88 valence electrons. The molecule has 2 nitrogen and oxygen atoms in total. The summed E-state index contributed by atoms with van der Waals surface area (Å²) in [5.41, 5.74) is 1.74. The second kappa shape index (κ2) is 5.19. The maximum absolute atomic E-state index is 13.2. The zero-order valence-electron chi connectivity index (χ0n) is 8.95. The number of nitrogens with one attached hydrogen (secondary N) is 1. The van der Waals surface area contributed by atoms with Crippen molar-refractivity contribution in [2.75, 3.05) is 5.32 Å². The van der Waals surface area contributed by atoms with E-state index in [0.717, 1.165) is 11.3 Å². The van der Waals surface area contributed by atoms with Gasteiger partial charge in [0.25, 0.3) is 0 Å². The summed E-state index contributed by atoms with van der Waals surface area (Å²) < 4.78 is 13.7. The molecule has 0 amide bonds. The summed E-state index contributed by atoms with van der Waals surface area (Å²) in [4.78, 5) is 0. The van der Waals surface area contributed by atoms with Gasteiger partial charge in [-0.15, -0.1) is 0 Å². The van der Waals surface area contributed by atoms with Crippen molar-refractivity contribution in [3.8, 4) is 5.75 Å². The molecule has 17 heavy (non-hydrogen) atoms. The number of aromatic hydroxyl groups is 1. The van der Waals surface area contributed by atoms with E-state index in [9.17, 15) is 4.39 Å². The lowest BCUT2D eigenvalue weighted by atomic mass is 10.2.